The van der Waals surface area contributed by atoms with E-state index in [1.807, 2.05) is 0 Å². The van der Waals surface area contributed by atoms with Gasteiger partial charge in [-0.15, -0.1) is 0 Å². The van der Waals surface area contributed by atoms with Crippen LogP contribution in [0.1, 0.15) is 33.6 Å². The molecule has 1 aliphatic rings. The first-order valence-electron chi connectivity index (χ1n) is 7.01. The Morgan fingerprint density at radius 2 is 2.28 bits per heavy atom. The van der Waals surface area contributed by atoms with Crippen LogP contribution in [0.5, 0.6) is 0 Å². The molecule has 0 saturated carbocycles. The van der Waals surface area contributed by atoms with Crippen molar-refractivity contribution in [1.29, 1.82) is 0 Å². The van der Waals surface area contributed by atoms with Crippen LogP contribution < -0.4 is 10.2 Å². The largest absolute Gasteiger partial charge is 0.370 e. The molecule has 1 atom stereocenters. The van der Waals surface area contributed by atoms with E-state index in [1.165, 1.54) is 6.42 Å². The van der Waals surface area contributed by atoms with Gasteiger partial charge in [-0.3, -0.25) is 0 Å². The van der Waals surface area contributed by atoms with Gasteiger partial charge in [0, 0.05) is 25.7 Å². The summed E-state index contributed by atoms with van der Waals surface area (Å²) in [7, 11) is 0. The average Bonchev–Trinajstić information content (AvgIpc) is 2.86. The SMILES string of the molecule is CCCNc1cc(N2CCC(C(C)C)C2)ncn1. The van der Waals surface area contributed by atoms with Crippen LogP contribution in [-0.2, 0) is 0 Å². The molecular formula is C14H24N4. The zero-order valence-electron chi connectivity index (χ0n) is 11.7. The summed E-state index contributed by atoms with van der Waals surface area (Å²) in [5, 5.41) is 3.31. The van der Waals surface area contributed by atoms with Crippen molar-refractivity contribution in [2.24, 2.45) is 11.8 Å². The fourth-order valence-corrected chi connectivity index (χ4v) is 2.41. The molecule has 18 heavy (non-hydrogen) atoms. The number of aromatic nitrogens is 2. The summed E-state index contributed by atoms with van der Waals surface area (Å²) in [5.41, 5.74) is 0. The van der Waals surface area contributed by atoms with Crippen LogP contribution in [0.25, 0.3) is 0 Å². The summed E-state index contributed by atoms with van der Waals surface area (Å²) in [6, 6.07) is 2.07. The van der Waals surface area contributed by atoms with Crippen LogP contribution >= 0.6 is 0 Å². The van der Waals surface area contributed by atoms with E-state index in [1.54, 1.807) is 6.33 Å². The summed E-state index contributed by atoms with van der Waals surface area (Å²) >= 11 is 0. The van der Waals surface area contributed by atoms with Gasteiger partial charge in [0.15, 0.2) is 0 Å². The van der Waals surface area contributed by atoms with Crippen LogP contribution in [-0.4, -0.2) is 29.6 Å². The minimum absolute atomic E-state index is 0.759. The zero-order chi connectivity index (χ0) is 13.0. The third-order valence-corrected chi connectivity index (χ3v) is 3.70. The van der Waals surface area contributed by atoms with Gasteiger partial charge < -0.3 is 10.2 Å². The summed E-state index contributed by atoms with van der Waals surface area (Å²) in [6.07, 6.45) is 4.05. The molecule has 0 aliphatic carbocycles. The number of hydrogen-bond acceptors (Lipinski definition) is 4. The topological polar surface area (TPSA) is 41.0 Å². The quantitative estimate of drug-likeness (QED) is 0.870. The molecule has 1 saturated heterocycles. The first kappa shape index (κ1) is 13.1. The van der Waals surface area contributed by atoms with Crippen molar-refractivity contribution in [2.75, 3.05) is 29.9 Å². The molecule has 1 N–H and O–H groups in total. The Balaban J connectivity index is 2.01. The fraction of sp³-hybridized carbons (Fsp3) is 0.714. The van der Waals surface area contributed by atoms with Gasteiger partial charge in [-0.05, 0) is 24.7 Å². The molecule has 1 aromatic heterocycles. The second-order valence-electron chi connectivity index (χ2n) is 5.43. The number of nitrogens with zero attached hydrogens (tertiary/aromatic N) is 3. The molecule has 0 bridgehead atoms. The molecular weight excluding hydrogens is 224 g/mol. The predicted octanol–water partition coefficient (Wildman–Crippen LogP) is 2.78. The molecule has 2 heterocycles. The Morgan fingerprint density at radius 1 is 1.44 bits per heavy atom. The molecule has 4 nitrogen and oxygen atoms in total. The molecule has 4 heteroatoms. The lowest BCUT2D eigenvalue weighted by Gasteiger charge is -2.19. The minimum atomic E-state index is 0.759. The molecule has 0 aromatic carbocycles. The van der Waals surface area contributed by atoms with Gasteiger partial charge in [-0.25, -0.2) is 9.97 Å². The number of hydrogen-bond donors (Lipinski definition) is 1. The second kappa shape index (κ2) is 6.03. The molecule has 0 amide bonds. The number of anilines is 2. The van der Waals surface area contributed by atoms with Crippen molar-refractivity contribution in [3.8, 4) is 0 Å². The summed E-state index contributed by atoms with van der Waals surface area (Å²) in [6.45, 7) is 9.98. The van der Waals surface area contributed by atoms with Crippen molar-refractivity contribution in [3.63, 3.8) is 0 Å². The van der Waals surface area contributed by atoms with E-state index < -0.39 is 0 Å². The highest BCUT2D eigenvalue weighted by molar-refractivity contribution is 5.49. The lowest BCUT2D eigenvalue weighted by Crippen LogP contribution is -2.22. The highest BCUT2D eigenvalue weighted by Crippen LogP contribution is 2.27. The molecule has 2 rings (SSSR count). The minimum Gasteiger partial charge on any atom is -0.370 e. The standard InChI is InChI=1S/C14H24N4/c1-4-6-15-13-8-14(17-10-16-13)18-7-5-12(9-18)11(2)3/h8,10-12H,4-7,9H2,1-3H3,(H,15,16,17). The maximum atomic E-state index is 4.40. The lowest BCUT2D eigenvalue weighted by atomic mass is 9.95. The highest BCUT2D eigenvalue weighted by atomic mass is 15.2. The van der Waals surface area contributed by atoms with Gasteiger partial charge in [0.1, 0.15) is 18.0 Å². The van der Waals surface area contributed by atoms with Crippen molar-refractivity contribution in [2.45, 2.75) is 33.6 Å². The molecule has 0 radical (unpaired) electrons. The maximum absolute atomic E-state index is 4.40. The number of rotatable bonds is 5. The van der Waals surface area contributed by atoms with Crippen molar-refractivity contribution in [1.82, 2.24) is 9.97 Å². The Hall–Kier alpha value is -1.32. The number of nitrogens with one attached hydrogen (secondary N) is 1. The molecule has 1 aromatic rings. The Morgan fingerprint density at radius 3 is 2.94 bits per heavy atom. The summed E-state index contributed by atoms with van der Waals surface area (Å²) in [5.74, 6) is 3.56. The van der Waals surface area contributed by atoms with Gasteiger partial charge in [0.2, 0.25) is 0 Å². The van der Waals surface area contributed by atoms with E-state index in [9.17, 15) is 0 Å². The monoisotopic (exact) mass is 248 g/mol. The van der Waals surface area contributed by atoms with Gasteiger partial charge >= 0.3 is 0 Å². The van der Waals surface area contributed by atoms with Gasteiger partial charge in [0.25, 0.3) is 0 Å². The van der Waals surface area contributed by atoms with Crippen LogP contribution in [0.15, 0.2) is 12.4 Å². The van der Waals surface area contributed by atoms with E-state index in [4.69, 9.17) is 0 Å². The van der Waals surface area contributed by atoms with Gasteiger partial charge in [-0.2, -0.15) is 0 Å². The molecule has 1 fully saturated rings. The van der Waals surface area contributed by atoms with E-state index in [0.717, 1.165) is 49.5 Å². The molecule has 100 valence electrons. The highest BCUT2D eigenvalue weighted by Gasteiger charge is 2.25. The van der Waals surface area contributed by atoms with Crippen LogP contribution in [0, 0.1) is 11.8 Å². The Kier molecular flexibility index (Phi) is 4.39. The van der Waals surface area contributed by atoms with Crippen LogP contribution in [0.3, 0.4) is 0 Å². The van der Waals surface area contributed by atoms with E-state index >= 15 is 0 Å². The van der Waals surface area contributed by atoms with Crippen molar-refractivity contribution < 1.29 is 0 Å². The second-order valence-corrected chi connectivity index (χ2v) is 5.43. The van der Waals surface area contributed by atoms with Crippen molar-refractivity contribution >= 4 is 11.6 Å². The predicted molar refractivity (Wildman–Crippen MR) is 76.0 cm³/mol. The maximum Gasteiger partial charge on any atom is 0.134 e. The molecule has 0 spiro atoms. The summed E-state index contributed by atoms with van der Waals surface area (Å²) in [4.78, 5) is 11.0. The average molecular weight is 248 g/mol. The smallest absolute Gasteiger partial charge is 0.134 e. The van der Waals surface area contributed by atoms with Crippen molar-refractivity contribution in [3.05, 3.63) is 12.4 Å². The third kappa shape index (κ3) is 3.12. The summed E-state index contributed by atoms with van der Waals surface area (Å²) < 4.78 is 0. The fourth-order valence-electron chi connectivity index (χ4n) is 2.41. The third-order valence-electron chi connectivity index (χ3n) is 3.70. The normalized spacial score (nSPS) is 19.6. The molecule has 1 unspecified atom stereocenters. The van der Waals surface area contributed by atoms with E-state index in [-0.39, 0.29) is 0 Å². The lowest BCUT2D eigenvalue weighted by molar-refractivity contribution is 0.422. The van der Waals surface area contributed by atoms with Crippen LogP contribution in [0.2, 0.25) is 0 Å². The van der Waals surface area contributed by atoms with E-state index in [2.05, 4.69) is 47.0 Å². The van der Waals surface area contributed by atoms with Crippen LogP contribution in [0.4, 0.5) is 11.6 Å². The van der Waals surface area contributed by atoms with Gasteiger partial charge in [0.05, 0.1) is 0 Å². The van der Waals surface area contributed by atoms with E-state index in [0.29, 0.717) is 0 Å². The first-order valence-corrected chi connectivity index (χ1v) is 7.01. The van der Waals surface area contributed by atoms with Gasteiger partial charge in [-0.1, -0.05) is 20.8 Å². The Bertz CT molecular complexity index is 378. The first-order chi connectivity index (χ1) is 8.70. The Labute approximate surface area is 110 Å². The zero-order valence-corrected chi connectivity index (χ0v) is 11.7. The molecule has 1 aliphatic heterocycles.